The summed E-state index contributed by atoms with van der Waals surface area (Å²) in [7, 11) is 0. The summed E-state index contributed by atoms with van der Waals surface area (Å²) in [5, 5.41) is 13.6. The average Bonchev–Trinajstić information content (AvgIpc) is 3.20. The highest BCUT2D eigenvalue weighted by atomic mass is 16.6. The van der Waals surface area contributed by atoms with Crippen LogP contribution in [0.2, 0.25) is 0 Å². The molecule has 0 radical (unpaired) electrons. The Morgan fingerprint density at radius 2 is 2.26 bits per heavy atom. The van der Waals surface area contributed by atoms with Crippen molar-refractivity contribution in [2.45, 2.75) is 58.3 Å². The number of benzene rings is 1. The number of hydrogen-bond acceptors (Lipinski definition) is 4. The van der Waals surface area contributed by atoms with Gasteiger partial charge in [-0.15, -0.1) is 0 Å². The highest BCUT2D eigenvalue weighted by Gasteiger charge is 2.53. The molecule has 1 aromatic rings. The van der Waals surface area contributed by atoms with Gasteiger partial charge >= 0.3 is 0 Å². The molecule has 1 N–H and O–H groups in total. The molecule has 124 valence electrons. The third kappa shape index (κ3) is 3.22. The van der Waals surface area contributed by atoms with Crippen LogP contribution in [0.1, 0.15) is 44.2 Å². The fourth-order valence-electron chi connectivity index (χ4n) is 3.40. The van der Waals surface area contributed by atoms with Gasteiger partial charge in [0.15, 0.2) is 0 Å². The Morgan fingerprint density at radius 1 is 1.48 bits per heavy atom. The van der Waals surface area contributed by atoms with Crippen molar-refractivity contribution in [1.29, 1.82) is 0 Å². The predicted molar refractivity (Wildman–Crippen MR) is 87.6 cm³/mol. The lowest BCUT2D eigenvalue weighted by Gasteiger charge is -2.23. The summed E-state index contributed by atoms with van der Waals surface area (Å²) in [5.74, 6) is -0.697. The third-order valence-electron chi connectivity index (χ3n) is 4.96. The van der Waals surface area contributed by atoms with Gasteiger partial charge in [-0.2, -0.15) is 0 Å². The van der Waals surface area contributed by atoms with Gasteiger partial charge in [-0.05, 0) is 30.5 Å². The minimum Gasteiger partial charge on any atom is -0.325 e. The fourth-order valence-corrected chi connectivity index (χ4v) is 3.40. The minimum absolute atomic E-state index is 0.222. The number of nitrogens with one attached hydrogen (secondary N) is 1. The van der Waals surface area contributed by atoms with E-state index in [4.69, 9.17) is 0 Å². The van der Waals surface area contributed by atoms with Crippen molar-refractivity contribution < 1.29 is 9.72 Å². The van der Waals surface area contributed by atoms with E-state index in [2.05, 4.69) is 30.1 Å². The van der Waals surface area contributed by atoms with Gasteiger partial charge < -0.3 is 5.32 Å². The molecule has 0 unspecified atom stereocenters. The van der Waals surface area contributed by atoms with Crippen LogP contribution in [0.3, 0.4) is 0 Å². The predicted octanol–water partition coefficient (Wildman–Crippen LogP) is 2.79. The molecule has 1 heterocycles. The molecular weight excluding hydrogens is 294 g/mol. The van der Waals surface area contributed by atoms with Crippen molar-refractivity contribution in [2.24, 2.45) is 5.92 Å². The number of anilines is 1. The summed E-state index contributed by atoms with van der Waals surface area (Å²) < 4.78 is 0. The lowest BCUT2D eigenvalue weighted by atomic mass is 10.1. The first-order valence-electron chi connectivity index (χ1n) is 8.30. The van der Waals surface area contributed by atoms with E-state index in [-0.39, 0.29) is 10.8 Å². The van der Waals surface area contributed by atoms with Crippen LogP contribution in [-0.4, -0.2) is 27.8 Å². The van der Waals surface area contributed by atoms with E-state index in [1.165, 1.54) is 5.56 Å². The van der Waals surface area contributed by atoms with Crippen molar-refractivity contribution in [3.63, 3.8) is 0 Å². The number of amides is 1. The van der Waals surface area contributed by atoms with E-state index in [9.17, 15) is 14.9 Å². The number of rotatable bonds is 6. The van der Waals surface area contributed by atoms with Gasteiger partial charge in [0.1, 0.15) is 5.92 Å². The molecule has 0 bridgehead atoms. The SMILES string of the molecule is CCC[C@H](C)N1Cc2cccc(NC(=O)[C@@H]3C[C@H]3[N+](=O)[O-])c2C1. The molecule has 0 saturated heterocycles. The van der Waals surface area contributed by atoms with E-state index >= 15 is 0 Å². The van der Waals surface area contributed by atoms with Crippen LogP contribution in [0.15, 0.2) is 18.2 Å². The highest BCUT2D eigenvalue weighted by Crippen LogP contribution is 2.36. The van der Waals surface area contributed by atoms with Crippen LogP contribution in [0.25, 0.3) is 0 Å². The van der Waals surface area contributed by atoms with Crippen molar-refractivity contribution in [1.82, 2.24) is 4.90 Å². The van der Waals surface area contributed by atoms with Crippen molar-refractivity contribution in [3.8, 4) is 0 Å². The Hall–Kier alpha value is -1.95. The number of carbonyl (C=O) groups is 1. The lowest BCUT2D eigenvalue weighted by molar-refractivity contribution is -0.497. The maximum absolute atomic E-state index is 12.2. The number of carbonyl (C=O) groups excluding carboxylic acids is 1. The van der Waals surface area contributed by atoms with Crippen LogP contribution in [0.4, 0.5) is 5.69 Å². The van der Waals surface area contributed by atoms with Crippen molar-refractivity contribution in [3.05, 3.63) is 39.4 Å². The molecule has 2 aliphatic rings. The zero-order valence-corrected chi connectivity index (χ0v) is 13.6. The molecule has 1 amide bonds. The Bertz CT molecular complexity index is 632. The summed E-state index contributed by atoms with van der Waals surface area (Å²) in [6.45, 7) is 6.16. The van der Waals surface area contributed by atoms with Gasteiger partial charge in [-0.3, -0.25) is 19.8 Å². The molecule has 6 nitrogen and oxygen atoms in total. The van der Waals surface area contributed by atoms with E-state index in [0.29, 0.717) is 12.5 Å². The van der Waals surface area contributed by atoms with Gasteiger partial charge in [-0.25, -0.2) is 0 Å². The van der Waals surface area contributed by atoms with Crippen LogP contribution in [-0.2, 0) is 17.9 Å². The monoisotopic (exact) mass is 317 g/mol. The summed E-state index contributed by atoms with van der Waals surface area (Å²) in [5.41, 5.74) is 3.21. The Kier molecular flexibility index (Phi) is 4.35. The zero-order chi connectivity index (χ0) is 16.6. The van der Waals surface area contributed by atoms with E-state index < -0.39 is 12.0 Å². The normalized spacial score (nSPS) is 24.1. The maximum Gasteiger partial charge on any atom is 0.234 e. The first kappa shape index (κ1) is 15.9. The standard InChI is InChI=1S/C17H23N3O3/c1-3-5-11(2)19-9-12-6-4-7-15(14(12)10-19)18-17(21)13-8-16(13)20(22)23/h4,6-7,11,13,16H,3,5,8-10H2,1-2H3,(H,18,21)/t11-,13+,16+/m0/s1. The van der Waals surface area contributed by atoms with Gasteiger partial charge in [0.2, 0.25) is 11.9 Å². The Balaban J connectivity index is 1.69. The molecular formula is C17H23N3O3. The first-order valence-corrected chi connectivity index (χ1v) is 8.30. The Morgan fingerprint density at radius 3 is 2.91 bits per heavy atom. The van der Waals surface area contributed by atoms with Crippen LogP contribution < -0.4 is 5.32 Å². The van der Waals surface area contributed by atoms with Crippen molar-refractivity contribution in [2.75, 3.05) is 5.32 Å². The van der Waals surface area contributed by atoms with E-state index in [0.717, 1.165) is 37.2 Å². The second-order valence-corrected chi connectivity index (χ2v) is 6.67. The van der Waals surface area contributed by atoms with E-state index in [1.807, 2.05) is 12.1 Å². The second kappa shape index (κ2) is 6.28. The first-order chi connectivity index (χ1) is 11.0. The highest BCUT2D eigenvalue weighted by molar-refractivity contribution is 5.95. The smallest absolute Gasteiger partial charge is 0.234 e. The second-order valence-electron chi connectivity index (χ2n) is 6.67. The number of nitro groups is 1. The fraction of sp³-hybridized carbons (Fsp3) is 0.588. The minimum atomic E-state index is -0.701. The van der Waals surface area contributed by atoms with Gasteiger partial charge in [-0.1, -0.05) is 25.5 Å². The lowest BCUT2D eigenvalue weighted by Crippen LogP contribution is -2.27. The molecule has 3 rings (SSSR count). The molecule has 0 aromatic heterocycles. The molecule has 6 heteroatoms. The molecule has 1 aliphatic heterocycles. The van der Waals surface area contributed by atoms with Gasteiger partial charge in [0.05, 0.1) is 0 Å². The van der Waals surface area contributed by atoms with Gasteiger partial charge in [0.25, 0.3) is 0 Å². The largest absolute Gasteiger partial charge is 0.325 e. The molecule has 0 spiro atoms. The van der Waals surface area contributed by atoms with Crippen LogP contribution in [0.5, 0.6) is 0 Å². The summed E-state index contributed by atoms with van der Waals surface area (Å²) in [4.78, 5) is 25.0. The zero-order valence-electron chi connectivity index (χ0n) is 13.6. The molecule has 23 heavy (non-hydrogen) atoms. The van der Waals surface area contributed by atoms with E-state index in [1.54, 1.807) is 0 Å². The molecule has 1 fully saturated rings. The molecule has 1 aromatic carbocycles. The molecule has 1 aliphatic carbocycles. The number of hydrogen-bond donors (Lipinski definition) is 1. The molecule has 3 atom stereocenters. The molecule has 1 saturated carbocycles. The van der Waals surface area contributed by atoms with Crippen LogP contribution >= 0.6 is 0 Å². The van der Waals surface area contributed by atoms with Crippen molar-refractivity contribution >= 4 is 11.6 Å². The summed E-state index contributed by atoms with van der Waals surface area (Å²) in [6.07, 6.45) is 2.66. The summed E-state index contributed by atoms with van der Waals surface area (Å²) in [6, 6.07) is 5.75. The quantitative estimate of drug-likeness (QED) is 0.646. The van der Waals surface area contributed by atoms with Gasteiger partial charge in [0, 0.05) is 36.2 Å². The maximum atomic E-state index is 12.2. The topological polar surface area (TPSA) is 75.5 Å². The Labute approximate surface area is 136 Å². The average molecular weight is 317 g/mol. The number of nitrogens with zero attached hydrogens (tertiary/aromatic N) is 2. The summed E-state index contributed by atoms with van der Waals surface area (Å²) >= 11 is 0. The third-order valence-corrected chi connectivity index (χ3v) is 4.96. The van der Waals surface area contributed by atoms with Crippen LogP contribution in [0, 0.1) is 16.0 Å². The number of fused-ring (bicyclic) bond motifs is 1.